The Hall–Kier alpha value is -13.2. The van der Waals surface area contributed by atoms with Crippen LogP contribution in [0.25, 0.3) is 111 Å². The molecule has 88 heavy (non-hydrogen) atoms. The molecule has 0 atom stereocenters. The zero-order valence-electron chi connectivity index (χ0n) is 44.9. The molecule has 12 aromatic rings. The van der Waals surface area contributed by atoms with Crippen LogP contribution >= 0.6 is 0 Å². The van der Waals surface area contributed by atoms with E-state index in [1.165, 1.54) is 36.4 Å². The van der Waals surface area contributed by atoms with Crippen LogP contribution in [0.1, 0.15) is 61.2 Å². The molecule has 0 saturated heterocycles. The van der Waals surface area contributed by atoms with Gasteiger partial charge in [0.25, 0.3) is 0 Å². The van der Waals surface area contributed by atoms with Crippen molar-refractivity contribution in [2.75, 3.05) is 0 Å². The van der Waals surface area contributed by atoms with Crippen LogP contribution in [0.15, 0.2) is 176 Å². The standard InChI is InChI=1S/C71H29F6N11/c72-70(73,74)57-23-56(24-58(29-57)71(75,76)77)69-67(87-63-5-1-48(52-13-39(30-78)9-40(14-52)31-79)25-59(63)60-26-49(2-6-64(60)87)53-15-41(32-80)10-42(16-53)33-81)21-47(38-86)22-68(69)88-65-7-3-50(54-17-43(34-82)11-44(18-54)35-83)27-61(65)62-28-51(4-8-66(62)88)55-19-45(36-84)12-46(20-55)37-85/h1-29H. The summed E-state index contributed by atoms with van der Waals surface area (Å²) < 4.78 is 94.9. The highest BCUT2D eigenvalue weighted by atomic mass is 19.4. The summed E-state index contributed by atoms with van der Waals surface area (Å²) in [5, 5.41) is 92.7. The molecule has 2 aromatic heterocycles. The summed E-state index contributed by atoms with van der Waals surface area (Å²) >= 11 is 0. The average molecular weight is 1150 g/mol. The van der Waals surface area contributed by atoms with Crippen molar-refractivity contribution in [1.29, 1.82) is 47.4 Å². The lowest BCUT2D eigenvalue weighted by atomic mass is 9.94. The molecule has 0 unspecified atom stereocenters. The zero-order chi connectivity index (χ0) is 61.9. The van der Waals surface area contributed by atoms with Gasteiger partial charge in [-0.3, -0.25) is 0 Å². The highest BCUT2D eigenvalue weighted by Crippen LogP contribution is 2.48. The summed E-state index contributed by atoms with van der Waals surface area (Å²) in [6, 6.07) is 61.4. The normalized spacial score (nSPS) is 11.2. The van der Waals surface area contributed by atoms with Crippen LogP contribution in [0.2, 0.25) is 0 Å². The van der Waals surface area contributed by atoms with Crippen molar-refractivity contribution in [1.82, 2.24) is 9.13 Å². The fourth-order valence-electron chi connectivity index (χ4n) is 11.4. The molecule has 0 aliphatic rings. The van der Waals surface area contributed by atoms with Crippen molar-refractivity contribution < 1.29 is 26.3 Å². The van der Waals surface area contributed by atoms with Crippen molar-refractivity contribution in [3.63, 3.8) is 0 Å². The van der Waals surface area contributed by atoms with Crippen LogP contribution in [0.4, 0.5) is 26.3 Å². The van der Waals surface area contributed by atoms with Gasteiger partial charge in [-0.15, -0.1) is 0 Å². The van der Waals surface area contributed by atoms with Crippen LogP contribution < -0.4 is 0 Å². The first-order valence-corrected chi connectivity index (χ1v) is 26.3. The Morgan fingerprint density at radius 1 is 0.239 bits per heavy atom. The number of fused-ring (bicyclic) bond motifs is 6. The molecule has 0 saturated carbocycles. The fourth-order valence-corrected chi connectivity index (χ4v) is 11.4. The van der Waals surface area contributed by atoms with Gasteiger partial charge in [0, 0.05) is 27.1 Å². The molecule has 10 aromatic carbocycles. The molecule has 0 fully saturated rings. The Morgan fingerprint density at radius 2 is 0.466 bits per heavy atom. The number of aromatic nitrogens is 2. The monoisotopic (exact) mass is 1150 g/mol. The second kappa shape index (κ2) is 21.2. The predicted octanol–water partition coefficient (Wildman–Crippen LogP) is 17.1. The minimum atomic E-state index is -5.33. The minimum Gasteiger partial charge on any atom is -0.308 e. The quantitative estimate of drug-likeness (QED) is 0.138. The maximum Gasteiger partial charge on any atom is 0.416 e. The highest BCUT2D eigenvalue weighted by molar-refractivity contribution is 6.14. The first-order valence-electron chi connectivity index (χ1n) is 26.3. The molecule has 0 aliphatic carbocycles. The molecule has 2 heterocycles. The minimum absolute atomic E-state index is 0.0235. The summed E-state index contributed by atoms with van der Waals surface area (Å²) in [6.07, 6.45) is -10.7. The van der Waals surface area contributed by atoms with Gasteiger partial charge in [0.15, 0.2) is 0 Å². The van der Waals surface area contributed by atoms with E-state index >= 15 is 26.3 Å². The maximum absolute atomic E-state index is 15.3. The highest BCUT2D eigenvalue weighted by Gasteiger charge is 2.38. The summed E-state index contributed by atoms with van der Waals surface area (Å²) in [6.45, 7) is 0. The molecule has 0 bridgehead atoms. The number of nitriles is 9. The fraction of sp³-hybridized carbons (Fsp3) is 0.0282. The maximum atomic E-state index is 15.3. The van der Waals surface area contributed by atoms with E-state index in [1.54, 1.807) is 130 Å². The Bertz CT molecular complexity index is 4780. The van der Waals surface area contributed by atoms with Crippen LogP contribution in [-0.2, 0) is 12.4 Å². The van der Waals surface area contributed by atoms with Crippen molar-refractivity contribution >= 4 is 43.6 Å². The van der Waals surface area contributed by atoms with Gasteiger partial charge < -0.3 is 9.13 Å². The molecule has 17 heteroatoms. The molecule has 0 aliphatic heterocycles. The molecule has 11 nitrogen and oxygen atoms in total. The second-order valence-corrected chi connectivity index (χ2v) is 20.5. The van der Waals surface area contributed by atoms with E-state index in [2.05, 4.69) is 54.6 Å². The Balaban J connectivity index is 1.25. The summed E-state index contributed by atoms with van der Waals surface area (Å²) in [4.78, 5) is 0. The number of nitrogens with zero attached hydrogens (tertiary/aromatic N) is 11. The van der Waals surface area contributed by atoms with E-state index < -0.39 is 29.0 Å². The smallest absolute Gasteiger partial charge is 0.308 e. The van der Waals surface area contributed by atoms with E-state index in [1.807, 2.05) is 0 Å². The van der Waals surface area contributed by atoms with Gasteiger partial charge in [-0.05, 0) is 202 Å². The van der Waals surface area contributed by atoms with Crippen molar-refractivity contribution in [2.45, 2.75) is 12.4 Å². The van der Waals surface area contributed by atoms with Crippen molar-refractivity contribution in [2.24, 2.45) is 0 Å². The number of rotatable bonds is 7. The second-order valence-electron chi connectivity index (χ2n) is 20.5. The predicted molar refractivity (Wildman–Crippen MR) is 315 cm³/mol. The number of benzene rings is 10. The topological polar surface area (TPSA) is 224 Å². The van der Waals surface area contributed by atoms with Gasteiger partial charge in [-0.25, -0.2) is 0 Å². The average Bonchev–Trinajstić information content (AvgIpc) is 1.54. The van der Waals surface area contributed by atoms with Gasteiger partial charge in [0.1, 0.15) is 0 Å². The third-order valence-corrected chi connectivity index (χ3v) is 15.2. The molecule has 410 valence electrons. The van der Waals surface area contributed by atoms with Gasteiger partial charge in [0.05, 0.1) is 149 Å². The van der Waals surface area contributed by atoms with Gasteiger partial charge in [-0.1, -0.05) is 24.3 Å². The third-order valence-electron chi connectivity index (χ3n) is 15.2. The Kier molecular flexibility index (Phi) is 13.3. The number of hydrogen-bond acceptors (Lipinski definition) is 9. The molecule has 0 radical (unpaired) electrons. The largest absolute Gasteiger partial charge is 0.416 e. The molecular formula is C71H29F6N11. The zero-order valence-corrected chi connectivity index (χ0v) is 44.9. The van der Waals surface area contributed by atoms with Crippen LogP contribution in [0.3, 0.4) is 0 Å². The summed E-state index contributed by atoms with van der Waals surface area (Å²) in [5.41, 5.74) is 2.27. The van der Waals surface area contributed by atoms with Crippen molar-refractivity contribution in [3.05, 3.63) is 237 Å². The van der Waals surface area contributed by atoms with Crippen LogP contribution in [0, 0.1) is 102 Å². The molecule has 0 N–H and O–H groups in total. The summed E-state index contributed by atoms with van der Waals surface area (Å²) in [5.74, 6) is 0. The van der Waals surface area contributed by atoms with Gasteiger partial charge in [-0.2, -0.15) is 73.7 Å². The van der Waals surface area contributed by atoms with Gasteiger partial charge in [0.2, 0.25) is 0 Å². The Morgan fingerprint density at radius 3 is 0.682 bits per heavy atom. The molecular weight excluding hydrogens is 1120 g/mol. The lowest BCUT2D eigenvalue weighted by Crippen LogP contribution is -2.12. The number of hydrogen-bond donors (Lipinski definition) is 0. The Labute approximate surface area is 495 Å². The van der Waals surface area contributed by atoms with Crippen LogP contribution in [0.5, 0.6) is 0 Å². The first kappa shape index (κ1) is 55.3. The summed E-state index contributed by atoms with van der Waals surface area (Å²) in [7, 11) is 0. The molecule has 0 amide bonds. The lowest BCUT2D eigenvalue weighted by Gasteiger charge is -2.22. The van der Waals surface area contributed by atoms with E-state index in [-0.39, 0.29) is 73.1 Å². The SMILES string of the molecule is N#Cc1cc(C#N)cc(-c2ccc3c(c2)c2cc(-c4cc(C#N)cc(C#N)c4)ccc2n3-c2cc(C#N)cc(-n3c4ccc(-c5cc(C#N)cc(C#N)c5)cc4c4cc(-c5cc(C#N)cc(C#N)c5)ccc43)c2-c2cc(C(F)(F)F)cc(C(F)(F)F)c2)c1. The van der Waals surface area contributed by atoms with Crippen molar-refractivity contribution in [3.8, 4) is 122 Å². The number of alkyl halides is 6. The third kappa shape index (κ3) is 9.69. The van der Waals surface area contributed by atoms with E-state index in [9.17, 15) is 47.4 Å². The van der Waals surface area contributed by atoms with E-state index in [4.69, 9.17) is 0 Å². The van der Waals surface area contributed by atoms with E-state index in [0.29, 0.717) is 100 Å². The van der Waals surface area contributed by atoms with Gasteiger partial charge >= 0.3 is 12.4 Å². The first-order chi connectivity index (χ1) is 42.4. The molecule has 12 rings (SSSR count). The van der Waals surface area contributed by atoms with Crippen LogP contribution in [-0.4, -0.2) is 9.13 Å². The molecule has 0 spiro atoms. The lowest BCUT2D eigenvalue weighted by molar-refractivity contribution is -0.143. The number of halogens is 6. The van der Waals surface area contributed by atoms with E-state index in [0.717, 1.165) is 0 Å².